The van der Waals surface area contributed by atoms with E-state index in [0.29, 0.717) is 64.9 Å². The Morgan fingerprint density at radius 3 is 2.43 bits per heavy atom. The fourth-order valence-electron chi connectivity index (χ4n) is 6.74. The van der Waals surface area contributed by atoms with E-state index in [1.165, 1.54) is 23.0 Å². The Balaban J connectivity index is 1.13. The molecule has 3 aliphatic rings. The Morgan fingerprint density at radius 2 is 1.72 bits per heavy atom. The van der Waals surface area contributed by atoms with Crippen molar-refractivity contribution in [2.75, 3.05) is 49.5 Å². The SMILES string of the molecule is CCN1CCN(C(=O)c2ccc(Nc3nc(-c4cccc(N5CCc6cc(C7CC7)ccc6C5=O)c4CO)cn(C)c3=O)cc2)CC1. The Bertz CT molecular complexity index is 1890. The molecular weight excluding hydrogens is 592 g/mol. The maximum absolute atomic E-state index is 13.7. The molecular formula is C37H40N6O4. The number of piperazine rings is 1. The lowest BCUT2D eigenvalue weighted by Gasteiger charge is -2.34. The van der Waals surface area contributed by atoms with E-state index in [4.69, 9.17) is 0 Å². The lowest BCUT2D eigenvalue weighted by Crippen LogP contribution is -2.48. The van der Waals surface area contributed by atoms with Crippen molar-refractivity contribution in [3.05, 3.63) is 105 Å². The topological polar surface area (TPSA) is 111 Å². The number of benzene rings is 3. The van der Waals surface area contributed by atoms with E-state index in [9.17, 15) is 19.5 Å². The first kappa shape index (κ1) is 30.8. The van der Waals surface area contributed by atoms with Crippen LogP contribution in [-0.2, 0) is 20.1 Å². The minimum atomic E-state index is -0.321. The highest BCUT2D eigenvalue weighted by molar-refractivity contribution is 6.09. The Morgan fingerprint density at radius 1 is 0.957 bits per heavy atom. The summed E-state index contributed by atoms with van der Waals surface area (Å²) in [5.74, 6) is 0.656. The number of carbonyl (C=O) groups is 2. The van der Waals surface area contributed by atoms with Crippen molar-refractivity contribution in [1.29, 1.82) is 0 Å². The number of likely N-dealkylation sites (N-methyl/N-ethyl adjacent to an activating group) is 1. The van der Waals surface area contributed by atoms with E-state index in [-0.39, 0.29) is 29.8 Å². The van der Waals surface area contributed by atoms with Gasteiger partial charge < -0.3 is 29.7 Å². The second-order valence-electron chi connectivity index (χ2n) is 12.7. The van der Waals surface area contributed by atoms with Crippen LogP contribution < -0.4 is 15.8 Å². The number of aromatic nitrogens is 2. The number of aliphatic hydroxyl groups is 1. The summed E-state index contributed by atoms with van der Waals surface area (Å²) in [5, 5.41) is 13.7. The highest BCUT2D eigenvalue weighted by Gasteiger charge is 2.30. The number of aliphatic hydroxyl groups excluding tert-OH is 1. The molecule has 3 heterocycles. The molecule has 1 saturated carbocycles. The smallest absolute Gasteiger partial charge is 0.293 e. The molecule has 2 fully saturated rings. The van der Waals surface area contributed by atoms with E-state index >= 15 is 0 Å². The van der Waals surface area contributed by atoms with Crippen LogP contribution in [-0.4, -0.2) is 75.5 Å². The first-order valence-electron chi connectivity index (χ1n) is 16.5. The minimum absolute atomic E-state index is 0.00145. The second kappa shape index (κ2) is 12.8. The molecule has 1 aromatic heterocycles. The molecule has 2 aliphatic heterocycles. The maximum Gasteiger partial charge on any atom is 0.293 e. The van der Waals surface area contributed by atoms with Gasteiger partial charge in [0.05, 0.1) is 18.0 Å². The van der Waals surface area contributed by atoms with Gasteiger partial charge >= 0.3 is 0 Å². The second-order valence-corrected chi connectivity index (χ2v) is 12.7. The monoisotopic (exact) mass is 632 g/mol. The number of nitrogens with one attached hydrogen (secondary N) is 1. The zero-order valence-corrected chi connectivity index (χ0v) is 26.9. The molecule has 47 heavy (non-hydrogen) atoms. The summed E-state index contributed by atoms with van der Waals surface area (Å²) in [6, 6.07) is 18.8. The van der Waals surface area contributed by atoms with Gasteiger partial charge in [0.2, 0.25) is 0 Å². The molecule has 242 valence electrons. The van der Waals surface area contributed by atoms with Gasteiger partial charge in [-0.15, -0.1) is 0 Å². The van der Waals surface area contributed by atoms with Crippen LogP contribution in [0.15, 0.2) is 71.7 Å². The number of rotatable bonds is 8. The Kier molecular flexibility index (Phi) is 8.38. The highest BCUT2D eigenvalue weighted by atomic mass is 16.3. The van der Waals surface area contributed by atoms with Gasteiger partial charge in [0.25, 0.3) is 17.4 Å². The third-order valence-corrected chi connectivity index (χ3v) is 9.71. The summed E-state index contributed by atoms with van der Waals surface area (Å²) >= 11 is 0. The van der Waals surface area contributed by atoms with Crippen LogP contribution in [0.5, 0.6) is 0 Å². The molecule has 0 atom stereocenters. The Labute approximate surface area is 274 Å². The number of nitrogens with zero attached hydrogens (tertiary/aromatic N) is 5. The largest absolute Gasteiger partial charge is 0.392 e. The van der Waals surface area contributed by atoms with Gasteiger partial charge in [-0.25, -0.2) is 4.98 Å². The van der Waals surface area contributed by atoms with Crippen LogP contribution in [0.2, 0.25) is 0 Å². The molecule has 10 heteroatoms. The highest BCUT2D eigenvalue weighted by Crippen LogP contribution is 2.41. The number of hydrogen-bond acceptors (Lipinski definition) is 7. The first-order valence-corrected chi connectivity index (χ1v) is 16.5. The first-order chi connectivity index (χ1) is 22.8. The quantitative estimate of drug-likeness (QED) is 0.294. The number of aryl methyl sites for hydroxylation is 1. The molecule has 10 nitrogen and oxygen atoms in total. The Hall–Kier alpha value is -4.80. The summed E-state index contributed by atoms with van der Waals surface area (Å²) in [6.07, 6.45) is 4.81. The average Bonchev–Trinajstić information content (AvgIpc) is 3.96. The minimum Gasteiger partial charge on any atom is -0.392 e. The number of carbonyl (C=O) groups excluding carboxylic acids is 2. The molecule has 0 unspecified atom stereocenters. The lowest BCUT2D eigenvalue weighted by atomic mass is 9.93. The summed E-state index contributed by atoms with van der Waals surface area (Å²) in [7, 11) is 1.65. The van der Waals surface area contributed by atoms with Gasteiger partial charge in [-0.05, 0) is 79.3 Å². The number of anilines is 3. The van der Waals surface area contributed by atoms with Crippen molar-refractivity contribution < 1.29 is 14.7 Å². The molecule has 2 amide bonds. The van der Waals surface area contributed by atoms with Crippen molar-refractivity contribution in [2.24, 2.45) is 7.05 Å². The molecule has 1 saturated heterocycles. The molecule has 7 rings (SSSR count). The van der Waals surface area contributed by atoms with Crippen molar-refractivity contribution in [1.82, 2.24) is 19.4 Å². The van der Waals surface area contributed by atoms with Crippen LogP contribution in [0.1, 0.15) is 63.1 Å². The van der Waals surface area contributed by atoms with Gasteiger partial charge in [0.15, 0.2) is 5.82 Å². The molecule has 0 radical (unpaired) electrons. The van der Waals surface area contributed by atoms with Crippen molar-refractivity contribution in [3.8, 4) is 11.3 Å². The average molecular weight is 633 g/mol. The van der Waals surface area contributed by atoms with Crippen molar-refractivity contribution in [2.45, 2.75) is 38.7 Å². The standard InChI is InChI=1S/C37H40N6O4/c1-3-41-17-19-42(20-18-41)35(45)25-9-12-28(13-10-25)38-34-37(47)40(2)22-32(39-34)30-5-4-6-33(31(30)23-44)43-16-15-27-21-26(24-7-8-24)11-14-29(27)36(43)46/h4-6,9-14,21-22,24,44H,3,7-8,15-20,23H2,1-2H3,(H,38,39). The van der Waals surface area contributed by atoms with Crippen LogP contribution in [0.3, 0.4) is 0 Å². The van der Waals surface area contributed by atoms with Crippen molar-refractivity contribution in [3.63, 3.8) is 0 Å². The van der Waals surface area contributed by atoms with E-state index in [2.05, 4.69) is 34.3 Å². The number of fused-ring (bicyclic) bond motifs is 1. The van der Waals surface area contributed by atoms with Crippen LogP contribution >= 0.6 is 0 Å². The van der Waals surface area contributed by atoms with Crippen LogP contribution in [0.4, 0.5) is 17.2 Å². The van der Waals surface area contributed by atoms with Crippen LogP contribution in [0.25, 0.3) is 11.3 Å². The maximum atomic E-state index is 13.7. The van der Waals surface area contributed by atoms with Gasteiger partial charge in [-0.1, -0.05) is 31.2 Å². The predicted octanol–water partition coefficient (Wildman–Crippen LogP) is 4.54. The summed E-state index contributed by atoms with van der Waals surface area (Å²) in [6.45, 7) is 6.47. The molecule has 4 aromatic rings. The summed E-state index contributed by atoms with van der Waals surface area (Å²) < 4.78 is 1.45. The predicted molar refractivity (Wildman–Crippen MR) is 182 cm³/mol. The normalized spacial score (nSPS) is 16.7. The summed E-state index contributed by atoms with van der Waals surface area (Å²) in [5.41, 5.74) is 6.32. The lowest BCUT2D eigenvalue weighted by molar-refractivity contribution is 0.0643. The molecule has 0 spiro atoms. The van der Waals surface area contributed by atoms with Gasteiger partial charge in [0, 0.05) is 73.9 Å². The third-order valence-electron chi connectivity index (χ3n) is 9.71. The van der Waals surface area contributed by atoms with Crippen LogP contribution in [0, 0.1) is 0 Å². The van der Waals surface area contributed by atoms with Gasteiger partial charge in [-0.3, -0.25) is 14.4 Å². The van der Waals surface area contributed by atoms with E-state index in [1.807, 2.05) is 29.2 Å². The van der Waals surface area contributed by atoms with Gasteiger partial charge in [-0.2, -0.15) is 0 Å². The fraction of sp³-hybridized carbons (Fsp3) is 0.351. The zero-order valence-electron chi connectivity index (χ0n) is 26.9. The molecule has 3 aromatic carbocycles. The molecule has 0 bridgehead atoms. The molecule has 2 N–H and O–H groups in total. The van der Waals surface area contributed by atoms with E-state index < -0.39 is 0 Å². The fourth-order valence-corrected chi connectivity index (χ4v) is 6.74. The number of hydrogen-bond donors (Lipinski definition) is 2. The number of amides is 2. The zero-order chi connectivity index (χ0) is 32.7. The molecule has 1 aliphatic carbocycles. The van der Waals surface area contributed by atoms with E-state index in [1.54, 1.807) is 42.4 Å². The summed E-state index contributed by atoms with van der Waals surface area (Å²) in [4.78, 5) is 50.6. The van der Waals surface area contributed by atoms with Gasteiger partial charge in [0.1, 0.15) is 0 Å². The van der Waals surface area contributed by atoms with Crippen molar-refractivity contribution >= 4 is 29.0 Å². The van der Waals surface area contributed by atoms with E-state index in [0.717, 1.165) is 31.6 Å². The third kappa shape index (κ3) is 6.06.